The molecule has 0 radical (unpaired) electrons. The number of ether oxygens (including phenoxy) is 1. The van der Waals surface area contributed by atoms with E-state index >= 15 is 0 Å². The van der Waals surface area contributed by atoms with Crippen molar-refractivity contribution in [1.29, 1.82) is 0 Å². The minimum atomic E-state index is -4.05. The molecule has 0 unspecified atom stereocenters. The number of pyridine rings is 1. The zero-order valence-electron chi connectivity index (χ0n) is 20.4. The third-order valence-corrected chi connectivity index (χ3v) is 6.98. The van der Waals surface area contributed by atoms with Gasteiger partial charge in [-0.2, -0.15) is 5.10 Å². The first kappa shape index (κ1) is 26.3. The van der Waals surface area contributed by atoms with Crippen LogP contribution in [-0.4, -0.2) is 44.6 Å². The average Bonchev–Trinajstić information content (AvgIpc) is 3.42. The van der Waals surface area contributed by atoms with Gasteiger partial charge >= 0.3 is 5.97 Å². The number of hydrogen-bond donors (Lipinski definition) is 1. The highest BCUT2D eigenvalue weighted by Crippen LogP contribution is 2.23. The van der Waals surface area contributed by atoms with E-state index in [1.165, 1.54) is 30.6 Å². The maximum absolute atomic E-state index is 13.2. The van der Waals surface area contributed by atoms with Crippen LogP contribution in [0.4, 0.5) is 5.82 Å². The lowest BCUT2D eigenvalue weighted by Crippen LogP contribution is -2.40. The average molecular weight is 533 g/mol. The second kappa shape index (κ2) is 12.0. The third kappa shape index (κ3) is 6.31. The van der Waals surface area contributed by atoms with Crippen LogP contribution in [0.3, 0.4) is 0 Å². The fourth-order valence-corrected chi connectivity index (χ4v) is 4.80. The molecule has 0 atom stereocenters. The molecule has 4 aromatic rings. The molecule has 10 nitrogen and oxygen atoms in total. The van der Waals surface area contributed by atoms with E-state index in [1.54, 1.807) is 73.7 Å². The van der Waals surface area contributed by atoms with Crippen LogP contribution in [-0.2, 0) is 19.6 Å². The number of hydrazone groups is 1. The Morgan fingerprint density at radius 2 is 1.74 bits per heavy atom. The van der Waals surface area contributed by atoms with Gasteiger partial charge < -0.3 is 9.15 Å². The summed E-state index contributed by atoms with van der Waals surface area (Å²) in [4.78, 5) is 28.6. The standard InChI is InChI=1S/C27H24N4O6S/c1-2-36-27(33)21-13-11-20(12-14-21)24-16-15-22(37-24)18-29-30-26(32)19-31(25-10-6-7-17-28-25)38(34,35)23-8-4-3-5-9-23/h3-18H,2,19H2,1H3,(H,30,32)/b29-18-. The molecule has 4 rings (SSSR count). The molecule has 0 aliphatic heterocycles. The summed E-state index contributed by atoms with van der Waals surface area (Å²) in [6.07, 6.45) is 2.74. The van der Waals surface area contributed by atoms with Crippen molar-refractivity contribution in [3.05, 3.63) is 102 Å². The molecule has 38 heavy (non-hydrogen) atoms. The van der Waals surface area contributed by atoms with E-state index < -0.39 is 28.4 Å². The van der Waals surface area contributed by atoms with Gasteiger partial charge in [-0.1, -0.05) is 36.4 Å². The summed E-state index contributed by atoms with van der Waals surface area (Å²) in [5.74, 6) is -0.0927. The Balaban J connectivity index is 1.42. The van der Waals surface area contributed by atoms with E-state index in [9.17, 15) is 18.0 Å². The van der Waals surface area contributed by atoms with E-state index in [2.05, 4.69) is 15.5 Å². The molecule has 2 heterocycles. The predicted molar refractivity (Wildman–Crippen MR) is 141 cm³/mol. The Bertz CT molecular complexity index is 1520. The molecule has 0 aliphatic carbocycles. The summed E-state index contributed by atoms with van der Waals surface area (Å²) in [7, 11) is -4.05. The number of benzene rings is 2. The molecule has 0 bridgehead atoms. The minimum absolute atomic E-state index is 0.0281. The summed E-state index contributed by atoms with van der Waals surface area (Å²) in [6, 6.07) is 22.7. The smallest absolute Gasteiger partial charge is 0.338 e. The molecule has 11 heteroatoms. The first-order chi connectivity index (χ1) is 18.4. The van der Waals surface area contributed by atoms with Crippen molar-refractivity contribution >= 4 is 33.9 Å². The molecule has 0 spiro atoms. The first-order valence-corrected chi connectivity index (χ1v) is 13.0. The fourth-order valence-electron chi connectivity index (χ4n) is 3.41. The fraction of sp³-hybridized carbons (Fsp3) is 0.111. The van der Waals surface area contributed by atoms with E-state index in [1.807, 2.05) is 0 Å². The minimum Gasteiger partial charge on any atom is -0.462 e. The Kier molecular flexibility index (Phi) is 8.29. The number of nitrogens with zero attached hydrogens (tertiary/aromatic N) is 3. The quantitative estimate of drug-likeness (QED) is 0.186. The predicted octanol–water partition coefficient (Wildman–Crippen LogP) is 3.86. The highest BCUT2D eigenvalue weighted by molar-refractivity contribution is 7.92. The molecule has 2 aromatic carbocycles. The van der Waals surface area contributed by atoms with Gasteiger partial charge in [0.15, 0.2) is 0 Å². The number of aromatic nitrogens is 1. The molecular weight excluding hydrogens is 508 g/mol. The van der Waals surface area contributed by atoms with E-state index in [0.29, 0.717) is 23.7 Å². The zero-order valence-corrected chi connectivity index (χ0v) is 21.2. The van der Waals surface area contributed by atoms with E-state index in [4.69, 9.17) is 9.15 Å². The lowest BCUT2D eigenvalue weighted by Gasteiger charge is -2.22. The second-order valence-electron chi connectivity index (χ2n) is 7.81. The van der Waals surface area contributed by atoms with Crippen LogP contribution in [0.15, 0.2) is 106 Å². The van der Waals surface area contributed by atoms with Crippen molar-refractivity contribution in [2.45, 2.75) is 11.8 Å². The van der Waals surface area contributed by atoms with Gasteiger partial charge in [-0.05, 0) is 55.5 Å². The number of esters is 1. The number of sulfonamides is 1. The lowest BCUT2D eigenvalue weighted by atomic mass is 10.1. The summed E-state index contributed by atoms with van der Waals surface area (Å²) in [5, 5.41) is 3.89. The Hall–Kier alpha value is -4.77. The Morgan fingerprint density at radius 3 is 2.42 bits per heavy atom. The maximum atomic E-state index is 13.2. The van der Waals surface area contributed by atoms with Crippen molar-refractivity contribution < 1.29 is 27.2 Å². The number of rotatable bonds is 10. The number of nitrogens with one attached hydrogen (secondary N) is 1. The van der Waals surface area contributed by atoms with Gasteiger partial charge in [0, 0.05) is 11.8 Å². The summed E-state index contributed by atoms with van der Waals surface area (Å²) < 4.78 is 38.1. The number of anilines is 1. The lowest BCUT2D eigenvalue weighted by molar-refractivity contribution is -0.119. The molecule has 1 amide bonds. The molecule has 194 valence electrons. The van der Waals surface area contributed by atoms with Gasteiger partial charge in [0.05, 0.1) is 23.3 Å². The van der Waals surface area contributed by atoms with Crippen molar-refractivity contribution in [2.75, 3.05) is 17.5 Å². The number of furan rings is 1. The summed E-state index contributed by atoms with van der Waals surface area (Å²) >= 11 is 0. The number of carbonyl (C=O) groups excluding carboxylic acids is 2. The van der Waals surface area contributed by atoms with Crippen LogP contribution in [0.5, 0.6) is 0 Å². The molecule has 0 aliphatic rings. The van der Waals surface area contributed by atoms with Crippen molar-refractivity contribution in [3.63, 3.8) is 0 Å². The van der Waals surface area contributed by atoms with Crippen LogP contribution in [0, 0.1) is 0 Å². The van der Waals surface area contributed by atoms with Crippen molar-refractivity contribution in [3.8, 4) is 11.3 Å². The van der Waals surface area contributed by atoms with E-state index in [0.717, 1.165) is 9.87 Å². The topological polar surface area (TPSA) is 131 Å². The third-order valence-electron chi connectivity index (χ3n) is 5.21. The molecule has 1 N–H and O–H groups in total. The van der Waals surface area contributed by atoms with Crippen LogP contribution >= 0.6 is 0 Å². The van der Waals surface area contributed by atoms with Crippen LogP contribution in [0.25, 0.3) is 11.3 Å². The summed E-state index contributed by atoms with van der Waals surface area (Å²) in [6.45, 7) is 1.49. The number of hydrogen-bond acceptors (Lipinski definition) is 8. The van der Waals surface area contributed by atoms with Gasteiger partial charge in [0.2, 0.25) is 0 Å². The highest BCUT2D eigenvalue weighted by atomic mass is 32.2. The first-order valence-electron chi connectivity index (χ1n) is 11.6. The molecule has 0 saturated heterocycles. The maximum Gasteiger partial charge on any atom is 0.338 e. The Labute approximate surface area is 219 Å². The van der Waals surface area contributed by atoms with Crippen LogP contribution in [0.2, 0.25) is 0 Å². The highest BCUT2D eigenvalue weighted by Gasteiger charge is 2.27. The monoisotopic (exact) mass is 532 g/mol. The van der Waals surface area contributed by atoms with Gasteiger partial charge in [-0.25, -0.2) is 27.9 Å². The SMILES string of the molecule is CCOC(=O)c1ccc(-c2ccc(/C=N\NC(=O)CN(c3ccccn3)S(=O)(=O)c3ccccc3)o2)cc1. The van der Waals surface area contributed by atoms with Gasteiger partial charge in [-0.3, -0.25) is 4.79 Å². The zero-order chi connectivity index (χ0) is 27.0. The Morgan fingerprint density at radius 1 is 1.00 bits per heavy atom. The normalized spacial score (nSPS) is 11.3. The number of carbonyl (C=O) groups is 2. The molecular formula is C27H24N4O6S. The van der Waals surface area contributed by atoms with Gasteiger partial charge in [0.1, 0.15) is 23.9 Å². The molecule has 0 fully saturated rings. The van der Waals surface area contributed by atoms with Crippen LogP contribution < -0.4 is 9.73 Å². The largest absolute Gasteiger partial charge is 0.462 e. The number of amides is 1. The van der Waals surface area contributed by atoms with E-state index in [-0.39, 0.29) is 10.7 Å². The molecule has 0 saturated carbocycles. The van der Waals surface area contributed by atoms with Crippen LogP contribution in [0.1, 0.15) is 23.0 Å². The van der Waals surface area contributed by atoms with Crippen molar-refractivity contribution in [2.24, 2.45) is 5.10 Å². The van der Waals surface area contributed by atoms with Gasteiger partial charge in [-0.15, -0.1) is 0 Å². The molecule has 2 aromatic heterocycles. The second-order valence-corrected chi connectivity index (χ2v) is 9.67. The summed E-state index contributed by atoms with van der Waals surface area (Å²) in [5.41, 5.74) is 3.49. The van der Waals surface area contributed by atoms with Gasteiger partial charge in [0.25, 0.3) is 15.9 Å². The van der Waals surface area contributed by atoms with Crippen molar-refractivity contribution in [1.82, 2.24) is 10.4 Å².